The lowest BCUT2D eigenvalue weighted by molar-refractivity contribution is 0.269. The molecule has 1 N–H and O–H groups in total. The summed E-state index contributed by atoms with van der Waals surface area (Å²) >= 11 is 0. The van der Waals surface area contributed by atoms with Crippen molar-refractivity contribution in [3.05, 3.63) is 11.9 Å². The van der Waals surface area contributed by atoms with Crippen LogP contribution in [-0.2, 0) is 6.54 Å². The molecule has 0 aromatic carbocycles. The number of hydrogen-bond acceptors (Lipinski definition) is 2. The molecule has 3 nitrogen and oxygen atoms in total. The molecule has 0 amide bonds. The fourth-order valence-electron chi connectivity index (χ4n) is 3.03. The third kappa shape index (κ3) is 4.26. The SMILES string of the molecule is CCCNc1nc(C)cn1CCC1CCC(C)CC1. The molecule has 2 rings (SSSR count). The Balaban J connectivity index is 1.84. The first-order valence-electron chi connectivity index (χ1n) is 7.96. The highest BCUT2D eigenvalue weighted by atomic mass is 15.2. The molecule has 1 aliphatic carbocycles. The number of aromatic nitrogens is 2. The van der Waals surface area contributed by atoms with Gasteiger partial charge in [0.25, 0.3) is 0 Å². The lowest BCUT2D eigenvalue weighted by Gasteiger charge is -2.26. The average Bonchev–Trinajstić information content (AvgIpc) is 2.76. The Morgan fingerprint density at radius 1 is 1.32 bits per heavy atom. The molecule has 0 aliphatic heterocycles. The molecule has 1 aromatic rings. The van der Waals surface area contributed by atoms with Gasteiger partial charge in [-0.05, 0) is 31.6 Å². The molecule has 3 heteroatoms. The van der Waals surface area contributed by atoms with Gasteiger partial charge in [-0.3, -0.25) is 0 Å². The largest absolute Gasteiger partial charge is 0.356 e. The van der Waals surface area contributed by atoms with Crippen molar-refractivity contribution in [2.45, 2.75) is 65.8 Å². The van der Waals surface area contributed by atoms with Crippen LogP contribution in [-0.4, -0.2) is 16.1 Å². The van der Waals surface area contributed by atoms with E-state index in [9.17, 15) is 0 Å². The molecule has 0 atom stereocenters. The second kappa shape index (κ2) is 6.97. The van der Waals surface area contributed by atoms with E-state index in [-0.39, 0.29) is 0 Å². The quantitative estimate of drug-likeness (QED) is 0.832. The molecule has 1 fully saturated rings. The molecule has 1 aliphatic rings. The summed E-state index contributed by atoms with van der Waals surface area (Å²) in [6, 6.07) is 0. The summed E-state index contributed by atoms with van der Waals surface area (Å²) in [5, 5.41) is 3.43. The average molecular weight is 263 g/mol. The van der Waals surface area contributed by atoms with Crippen LogP contribution in [0.2, 0.25) is 0 Å². The van der Waals surface area contributed by atoms with Crippen LogP contribution >= 0.6 is 0 Å². The number of hydrogen-bond donors (Lipinski definition) is 1. The van der Waals surface area contributed by atoms with Gasteiger partial charge in [-0.25, -0.2) is 4.98 Å². The smallest absolute Gasteiger partial charge is 0.203 e. The third-order valence-corrected chi connectivity index (χ3v) is 4.34. The van der Waals surface area contributed by atoms with Crippen LogP contribution < -0.4 is 5.32 Å². The van der Waals surface area contributed by atoms with E-state index in [1.165, 1.54) is 32.1 Å². The minimum atomic E-state index is 0.929. The van der Waals surface area contributed by atoms with Crippen molar-refractivity contribution in [1.82, 2.24) is 9.55 Å². The van der Waals surface area contributed by atoms with Gasteiger partial charge in [0.1, 0.15) is 0 Å². The van der Waals surface area contributed by atoms with Crippen molar-refractivity contribution in [2.24, 2.45) is 11.8 Å². The highest BCUT2D eigenvalue weighted by molar-refractivity contribution is 5.28. The Kier molecular flexibility index (Phi) is 5.29. The number of aryl methyl sites for hydroxylation is 2. The summed E-state index contributed by atoms with van der Waals surface area (Å²) in [7, 11) is 0. The van der Waals surface area contributed by atoms with E-state index in [0.717, 1.165) is 43.0 Å². The third-order valence-electron chi connectivity index (χ3n) is 4.34. The van der Waals surface area contributed by atoms with E-state index in [2.05, 4.69) is 41.8 Å². The first kappa shape index (κ1) is 14.4. The highest BCUT2D eigenvalue weighted by Crippen LogP contribution is 2.30. The van der Waals surface area contributed by atoms with Crippen molar-refractivity contribution in [2.75, 3.05) is 11.9 Å². The standard InChI is InChI=1S/C16H29N3/c1-4-10-17-16-18-14(3)12-19(16)11-9-15-7-5-13(2)6-8-15/h12-13,15H,4-11H2,1-3H3,(H,17,18). The molecule has 0 spiro atoms. The first-order chi connectivity index (χ1) is 9.19. The highest BCUT2D eigenvalue weighted by Gasteiger charge is 2.18. The number of nitrogens with zero attached hydrogens (tertiary/aromatic N) is 2. The summed E-state index contributed by atoms with van der Waals surface area (Å²) < 4.78 is 2.31. The molecule has 108 valence electrons. The minimum absolute atomic E-state index is 0.929. The van der Waals surface area contributed by atoms with Gasteiger partial charge in [0, 0.05) is 19.3 Å². The Labute approximate surface area is 117 Å². The van der Waals surface area contributed by atoms with Crippen LogP contribution in [0.15, 0.2) is 6.20 Å². The normalized spacial score (nSPS) is 23.5. The van der Waals surface area contributed by atoms with Crippen LogP contribution in [0.5, 0.6) is 0 Å². The Bertz CT molecular complexity index is 375. The second-order valence-corrected chi connectivity index (χ2v) is 6.24. The van der Waals surface area contributed by atoms with Gasteiger partial charge in [0.15, 0.2) is 0 Å². The Morgan fingerprint density at radius 3 is 2.74 bits per heavy atom. The van der Waals surface area contributed by atoms with Gasteiger partial charge in [-0.1, -0.05) is 39.5 Å². The predicted octanol–water partition coefficient (Wildman–Crippen LogP) is 4.23. The van der Waals surface area contributed by atoms with Gasteiger partial charge in [0.05, 0.1) is 5.69 Å². The van der Waals surface area contributed by atoms with Gasteiger partial charge in [-0.2, -0.15) is 0 Å². The summed E-state index contributed by atoms with van der Waals surface area (Å²) in [6.07, 6.45) is 10.3. The van der Waals surface area contributed by atoms with Crippen LogP contribution in [0.3, 0.4) is 0 Å². The molecule has 19 heavy (non-hydrogen) atoms. The lowest BCUT2D eigenvalue weighted by atomic mass is 9.81. The molecule has 0 radical (unpaired) electrons. The zero-order chi connectivity index (χ0) is 13.7. The monoisotopic (exact) mass is 263 g/mol. The minimum Gasteiger partial charge on any atom is -0.356 e. The van der Waals surface area contributed by atoms with E-state index < -0.39 is 0 Å². The molecular formula is C16H29N3. The lowest BCUT2D eigenvalue weighted by Crippen LogP contribution is -2.15. The molecule has 0 unspecified atom stereocenters. The van der Waals surface area contributed by atoms with Crippen molar-refractivity contribution in [3.63, 3.8) is 0 Å². The summed E-state index contributed by atoms with van der Waals surface area (Å²) in [5.41, 5.74) is 1.12. The maximum absolute atomic E-state index is 4.58. The van der Waals surface area contributed by atoms with Crippen molar-refractivity contribution in [1.29, 1.82) is 0 Å². The number of anilines is 1. The fourth-order valence-corrected chi connectivity index (χ4v) is 3.03. The van der Waals surface area contributed by atoms with E-state index in [1.54, 1.807) is 0 Å². The first-order valence-corrected chi connectivity index (χ1v) is 7.96. The van der Waals surface area contributed by atoms with Crippen molar-refractivity contribution < 1.29 is 0 Å². The predicted molar refractivity (Wildman–Crippen MR) is 81.5 cm³/mol. The Morgan fingerprint density at radius 2 is 2.05 bits per heavy atom. The second-order valence-electron chi connectivity index (χ2n) is 6.24. The van der Waals surface area contributed by atoms with Crippen LogP contribution in [0.4, 0.5) is 5.95 Å². The van der Waals surface area contributed by atoms with Crippen LogP contribution in [0.1, 0.15) is 58.1 Å². The van der Waals surface area contributed by atoms with Crippen molar-refractivity contribution >= 4 is 5.95 Å². The van der Waals surface area contributed by atoms with Crippen molar-refractivity contribution in [3.8, 4) is 0 Å². The van der Waals surface area contributed by atoms with Gasteiger partial charge in [-0.15, -0.1) is 0 Å². The van der Waals surface area contributed by atoms with Gasteiger partial charge in [0.2, 0.25) is 5.95 Å². The number of rotatable bonds is 6. The molecule has 1 aromatic heterocycles. The maximum Gasteiger partial charge on any atom is 0.203 e. The topological polar surface area (TPSA) is 29.9 Å². The van der Waals surface area contributed by atoms with E-state index in [1.807, 2.05) is 0 Å². The molecule has 1 heterocycles. The van der Waals surface area contributed by atoms with Gasteiger partial charge >= 0.3 is 0 Å². The summed E-state index contributed by atoms with van der Waals surface area (Å²) in [5.74, 6) is 2.94. The zero-order valence-electron chi connectivity index (χ0n) is 12.8. The maximum atomic E-state index is 4.58. The molecular weight excluding hydrogens is 234 g/mol. The number of imidazole rings is 1. The Hall–Kier alpha value is -0.990. The zero-order valence-corrected chi connectivity index (χ0v) is 12.8. The molecule has 0 saturated heterocycles. The number of nitrogens with one attached hydrogen (secondary N) is 1. The molecule has 0 bridgehead atoms. The summed E-state index contributed by atoms with van der Waals surface area (Å²) in [4.78, 5) is 4.58. The van der Waals surface area contributed by atoms with E-state index >= 15 is 0 Å². The van der Waals surface area contributed by atoms with E-state index in [4.69, 9.17) is 0 Å². The van der Waals surface area contributed by atoms with Crippen LogP contribution in [0, 0.1) is 18.8 Å². The van der Waals surface area contributed by atoms with E-state index in [0.29, 0.717) is 0 Å². The summed E-state index contributed by atoms with van der Waals surface area (Å²) in [6.45, 7) is 8.79. The fraction of sp³-hybridized carbons (Fsp3) is 0.812. The van der Waals surface area contributed by atoms with Gasteiger partial charge < -0.3 is 9.88 Å². The van der Waals surface area contributed by atoms with Crippen LogP contribution in [0.25, 0.3) is 0 Å². The molecule has 1 saturated carbocycles.